The number of fused-ring (bicyclic) bond motifs is 1. The zero-order valence-corrected chi connectivity index (χ0v) is 15.1. The van der Waals surface area contributed by atoms with Gasteiger partial charge in [-0.2, -0.15) is 0 Å². The first-order valence-electron chi connectivity index (χ1n) is 8.21. The van der Waals surface area contributed by atoms with Crippen LogP contribution in [0.25, 0.3) is 21.5 Å². The molecule has 0 saturated heterocycles. The van der Waals surface area contributed by atoms with Gasteiger partial charge in [0.25, 0.3) is 5.89 Å². The number of thiophene rings is 1. The fraction of sp³-hybridized carbons (Fsp3) is 0.150. The van der Waals surface area contributed by atoms with E-state index in [1.165, 1.54) is 11.3 Å². The molecule has 5 nitrogen and oxygen atoms in total. The number of rotatable bonds is 4. The predicted octanol–water partition coefficient (Wildman–Crippen LogP) is 5.18. The second kappa shape index (κ2) is 6.72. The summed E-state index contributed by atoms with van der Waals surface area (Å²) in [4.78, 5) is 13.2. The van der Waals surface area contributed by atoms with Crippen LogP contribution in [0, 0.1) is 6.92 Å². The lowest BCUT2D eigenvalue weighted by Gasteiger charge is -2.08. The average Bonchev–Trinajstić information content (AvgIpc) is 3.28. The lowest BCUT2D eigenvalue weighted by Crippen LogP contribution is -2.09. The van der Waals surface area contributed by atoms with Crippen LogP contribution in [0.1, 0.15) is 34.2 Å². The van der Waals surface area contributed by atoms with Gasteiger partial charge in [-0.1, -0.05) is 36.4 Å². The summed E-state index contributed by atoms with van der Waals surface area (Å²) in [7, 11) is 0. The van der Waals surface area contributed by atoms with Crippen molar-refractivity contribution in [3.8, 4) is 11.5 Å². The van der Waals surface area contributed by atoms with Crippen molar-refractivity contribution in [3.05, 3.63) is 70.9 Å². The van der Waals surface area contributed by atoms with Gasteiger partial charge in [0.15, 0.2) is 6.10 Å². The van der Waals surface area contributed by atoms with Gasteiger partial charge in [0.05, 0.1) is 0 Å². The molecule has 1 atom stereocenters. The standard InChI is InChI=1S/C20H16N2O3S/c1-12-15-10-6-7-11-16(15)26-17(12)20(23)24-13(2)18-21-22-19(25-18)14-8-4-3-5-9-14/h3-11,13H,1-2H3. The molecule has 4 aromatic rings. The Morgan fingerprint density at radius 3 is 2.58 bits per heavy atom. The highest BCUT2D eigenvalue weighted by Gasteiger charge is 2.23. The van der Waals surface area contributed by atoms with Gasteiger partial charge >= 0.3 is 5.97 Å². The van der Waals surface area contributed by atoms with E-state index in [0.29, 0.717) is 10.8 Å². The summed E-state index contributed by atoms with van der Waals surface area (Å²) in [5.41, 5.74) is 1.75. The van der Waals surface area contributed by atoms with E-state index in [0.717, 1.165) is 21.2 Å². The molecule has 26 heavy (non-hydrogen) atoms. The van der Waals surface area contributed by atoms with Crippen LogP contribution in [-0.2, 0) is 4.74 Å². The van der Waals surface area contributed by atoms with Gasteiger partial charge < -0.3 is 9.15 Å². The highest BCUT2D eigenvalue weighted by Crippen LogP contribution is 2.32. The summed E-state index contributed by atoms with van der Waals surface area (Å²) >= 11 is 1.43. The Morgan fingerprint density at radius 1 is 1.08 bits per heavy atom. The lowest BCUT2D eigenvalue weighted by atomic mass is 10.1. The fourth-order valence-corrected chi connectivity index (χ4v) is 3.82. The maximum Gasteiger partial charge on any atom is 0.349 e. The maximum atomic E-state index is 12.6. The van der Waals surface area contributed by atoms with E-state index >= 15 is 0 Å². The van der Waals surface area contributed by atoms with Crippen molar-refractivity contribution in [3.63, 3.8) is 0 Å². The number of carbonyl (C=O) groups is 1. The fourth-order valence-electron chi connectivity index (χ4n) is 2.73. The van der Waals surface area contributed by atoms with Crippen molar-refractivity contribution in [1.82, 2.24) is 10.2 Å². The zero-order chi connectivity index (χ0) is 18.1. The second-order valence-electron chi connectivity index (χ2n) is 5.91. The molecule has 0 spiro atoms. The number of carbonyl (C=O) groups excluding carboxylic acids is 1. The Labute approximate surface area is 154 Å². The molecule has 2 heterocycles. The smallest absolute Gasteiger partial charge is 0.349 e. The molecule has 130 valence electrons. The number of aromatic nitrogens is 2. The molecule has 0 radical (unpaired) electrons. The highest BCUT2D eigenvalue weighted by atomic mass is 32.1. The van der Waals surface area contributed by atoms with Crippen molar-refractivity contribution in [2.45, 2.75) is 20.0 Å². The van der Waals surface area contributed by atoms with E-state index in [9.17, 15) is 4.79 Å². The Morgan fingerprint density at radius 2 is 1.81 bits per heavy atom. The Bertz CT molecular complexity index is 1070. The first-order chi connectivity index (χ1) is 12.6. The molecule has 0 amide bonds. The molecule has 1 unspecified atom stereocenters. The first-order valence-corrected chi connectivity index (χ1v) is 9.03. The Balaban J connectivity index is 1.54. The molecular weight excluding hydrogens is 348 g/mol. The predicted molar refractivity (Wildman–Crippen MR) is 100 cm³/mol. The van der Waals surface area contributed by atoms with Gasteiger partial charge in [-0.15, -0.1) is 21.5 Å². The van der Waals surface area contributed by atoms with Crippen LogP contribution in [0.5, 0.6) is 0 Å². The lowest BCUT2D eigenvalue weighted by molar-refractivity contribution is 0.0285. The molecule has 0 bridgehead atoms. The molecule has 2 aromatic carbocycles. The summed E-state index contributed by atoms with van der Waals surface area (Å²) in [6.07, 6.45) is -0.628. The van der Waals surface area contributed by atoms with Crippen molar-refractivity contribution < 1.29 is 13.9 Å². The van der Waals surface area contributed by atoms with Crippen molar-refractivity contribution in [2.24, 2.45) is 0 Å². The van der Waals surface area contributed by atoms with Gasteiger partial charge in [-0.05, 0) is 43.0 Å². The number of nitrogens with zero attached hydrogens (tertiary/aromatic N) is 2. The average molecular weight is 364 g/mol. The molecule has 0 aliphatic rings. The van der Waals surface area contributed by atoms with Crippen LogP contribution >= 0.6 is 11.3 Å². The topological polar surface area (TPSA) is 65.2 Å². The molecule has 2 aromatic heterocycles. The second-order valence-corrected chi connectivity index (χ2v) is 6.96. The van der Waals surface area contributed by atoms with Gasteiger partial charge in [0.1, 0.15) is 4.88 Å². The van der Waals surface area contributed by atoms with E-state index in [4.69, 9.17) is 9.15 Å². The van der Waals surface area contributed by atoms with E-state index in [1.807, 2.05) is 61.5 Å². The van der Waals surface area contributed by atoms with E-state index in [1.54, 1.807) is 6.92 Å². The summed E-state index contributed by atoms with van der Waals surface area (Å²) in [6.45, 7) is 3.66. The SMILES string of the molecule is Cc1c(C(=O)OC(C)c2nnc(-c3ccccc3)o2)sc2ccccc12. The molecule has 0 aliphatic carbocycles. The van der Waals surface area contributed by atoms with Gasteiger partial charge in [-0.25, -0.2) is 4.79 Å². The van der Waals surface area contributed by atoms with Crippen LogP contribution in [0.3, 0.4) is 0 Å². The van der Waals surface area contributed by atoms with Crippen molar-refractivity contribution in [2.75, 3.05) is 0 Å². The third-order valence-corrected chi connectivity index (χ3v) is 5.37. The summed E-state index contributed by atoms with van der Waals surface area (Å²) in [6, 6.07) is 17.4. The van der Waals surface area contributed by atoms with Crippen LogP contribution in [0.15, 0.2) is 59.0 Å². The maximum absolute atomic E-state index is 12.6. The monoisotopic (exact) mass is 364 g/mol. The third-order valence-electron chi connectivity index (χ3n) is 4.12. The normalized spacial score (nSPS) is 12.2. The number of ether oxygens (including phenoxy) is 1. The molecule has 4 rings (SSSR count). The van der Waals surface area contributed by atoms with Gasteiger partial charge in [-0.3, -0.25) is 0 Å². The van der Waals surface area contributed by atoms with E-state index < -0.39 is 6.10 Å². The number of esters is 1. The number of hydrogen-bond acceptors (Lipinski definition) is 6. The molecular formula is C20H16N2O3S. The first kappa shape index (κ1) is 16.5. The minimum atomic E-state index is -0.628. The van der Waals surface area contributed by atoms with E-state index in [-0.39, 0.29) is 11.9 Å². The quantitative estimate of drug-likeness (QED) is 0.467. The van der Waals surface area contributed by atoms with Crippen LogP contribution < -0.4 is 0 Å². The minimum Gasteiger partial charge on any atom is -0.448 e. The van der Waals surface area contributed by atoms with Crippen LogP contribution in [0.2, 0.25) is 0 Å². The number of hydrogen-bond donors (Lipinski definition) is 0. The molecule has 0 saturated carbocycles. The van der Waals surface area contributed by atoms with Crippen molar-refractivity contribution >= 4 is 27.4 Å². The zero-order valence-electron chi connectivity index (χ0n) is 14.3. The van der Waals surface area contributed by atoms with Crippen LogP contribution in [-0.4, -0.2) is 16.2 Å². The largest absolute Gasteiger partial charge is 0.448 e. The minimum absolute atomic E-state index is 0.274. The number of aryl methyl sites for hydroxylation is 1. The number of benzene rings is 2. The van der Waals surface area contributed by atoms with Crippen LogP contribution in [0.4, 0.5) is 0 Å². The summed E-state index contributed by atoms with van der Waals surface area (Å²) < 4.78 is 12.3. The van der Waals surface area contributed by atoms with Gasteiger partial charge in [0, 0.05) is 10.3 Å². The van der Waals surface area contributed by atoms with Crippen molar-refractivity contribution in [1.29, 1.82) is 0 Å². The Kier molecular flexibility index (Phi) is 4.26. The molecule has 6 heteroatoms. The molecule has 0 N–H and O–H groups in total. The summed E-state index contributed by atoms with van der Waals surface area (Å²) in [5, 5.41) is 9.12. The summed E-state index contributed by atoms with van der Waals surface area (Å²) in [5.74, 6) is 0.299. The van der Waals surface area contributed by atoms with Gasteiger partial charge in [0.2, 0.25) is 5.89 Å². The third kappa shape index (κ3) is 2.99. The van der Waals surface area contributed by atoms with E-state index in [2.05, 4.69) is 10.2 Å². The molecule has 0 fully saturated rings. The Hall–Kier alpha value is -2.99. The highest BCUT2D eigenvalue weighted by molar-refractivity contribution is 7.21. The molecule has 0 aliphatic heterocycles.